The van der Waals surface area contributed by atoms with Gasteiger partial charge in [0.15, 0.2) is 0 Å². The molecule has 0 aliphatic heterocycles. The van der Waals surface area contributed by atoms with E-state index >= 15 is 0 Å². The molecule has 1 heterocycles. The molecule has 17 heavy (non-hydrogen) atoms. The van der Waals surface area contributed by atoms with Crippen molar-refractivity contribution in [3.05, 3.63) is 27.9 Å². The number of hydrogen-bond acceptors (Lipinski definition) is 5. The quantitative estimate of drug-likeness (QED) is 0.629. The van der Waals surface area contributed by atoms with E-state index in [4.69, 9.17) is 4.74 Å². The van der Waals surface area contributed by atoms with Crippen LogP contribution in [0.25, 0.3) is 0 Å². The van der Waals surface area contributed by atoms with Crippen molar-refractivity contribution in [1.29, 1.82) is 0 Å². The maximum absolute atomic E-state index is 10.6. The highest BCUT2D eigenvalue weighted by atomic mass is 16.6. The van der Waals surface area contributed by atoms with Crippen LogP contribution in [-0.2, 0) is 4.74 Å². The number of nitrogens with zero attached hydrogens (tertiary/aromatic N) is 2. The number of ether oxygens (including phenoxy) is 1. The lowest BCUT2D eigenvalue weighted by Crippen LogP contribution is -2.36. The van der Waals surface area contributed by atoms with Gasteiger partial charge in [-0.05, 0) is 26.3 Å². The molecule has 1 rings (SSSR count). The zero-order valence-corrected chi connectivity index (χ0v) is 10.5. The van der Waals surface area contributed by atoms with Crippen LogP contribution in [0.2, 0.25) is 0 Å². The summed E-state index contributed by atoms with van der Waals surface area (Å²) >= 11 is 0. The fraction of sp³-hybridized carbons (Fsp3) is 0.545. The molecule has 0 bridgehead atoms. The zero-order chi connectivity index (χ0) is 13.1. The Morgan fingerprint density at radius 1 is 1.59 bits per heavy atom. The van der Waals surface area contributed by atoms with E-state index in [1.165, 1.54) is 12.3 Å². The molecular weight excluding hydrogens is 222 g/mol. The molecule has 6 nitrogen and oxygen atoms in total. The minimum Gasteiger partial charge on any atom is -0.382 e. The van der Waals surface area contributed by atoms with E-state index in [9.17, 15) is 10.1 Å². The maximum Gasteiger partial charge on any atom is 0.287 e. The SMILES string of the molecule is COCC(C)(C)Nc1ncc([N+](=O)[O-])cc1C. The molecule has 1 aromatic heterocycles. The summed E-state index contributed by atoms with van der Waals surface area (Å²) in [6.45, 7) is 6.24. The van der Waals surface area contributed by atoms with Crippen molar-refractivity contribution in [3.8, 4) is 0 Å². The molecule has 6 heteroatoms. The van der Waals surface area contributed by atoms with Crippen LogP contribution in [0.15, 0.2) is 12.3 Å². The largest absolute Gasteiger partial charge is 0.382 e. The molecule has 0 aromatic carbocycles. The van der Waals surface area contributed by atoms with Crippen LogP contribution < -0.4 is 5.32 Å². The summed E-state index contributed by atoms with van der Waals surface area (Å²) in [4.78, 5) is 14.2. The van der Waals surface area contributed by atoms with Gasteiger partial charge in [0.05, 0.1) is 17.1 Å². The Morgan fingerprint density at radius 2 is 2.24 bits per heavy atom. The van der Waals surface area contributed by atoms with E-state index in [1.807, 2.05) is 13.8 Å². The Kier molecular flexibility index (Phi) is 4.01. The third-order valence-electron chi connectivity index (χ3n) is 2.24. The van der Waals surface area contributed by atoms with Gasteiger partial charge < -0.3 is 10.1 Å². The van der Waals surface area contributed by atoms with Gasteiger partial charge in [0.2, 0.25) is 0 Å². The van der Waals surface area contributed by atoms with E-state index in [1.54, 1.807) is 14.0 Å². The van der Waals surface area contributed by atoms with Crippen molar-refractivity contribution in [2.45, 2.75) is 26.3 Å². The summed E-state index contributed by atoms with van der Waals surface area (Å²) in [6, 6.07) is 1.50. The first-order valence-electron chi connectivity index (χ1n) is 5.24. The minimum absolute atomic E-state index is 0.00222. The molecule has 0 fully saturated rings. The molecule has 1 N–H and O–H groups in total. The highest BCUT2D eigenvalue weighted by molar-refractivity contribution is 5.49. The summed E-state index contributed by atoms with van der Waals surface area (Å²) in [5, 5.41) is 13.8. The van der Waals surface area contributed by atoms with Crippen LogP contribution in [-0.4, -0.2) is 29.2 Å². The van der Waals surface area contributed by atoms with Gasteiger partial charge >= 0.3 is 0 Å². The lowest BCUT2D eigenvalue weighted by Gasteiger charge is -2.26. The van der Waals surface area contributed by atoms with Gasteiger partial charge in [0, 0.05) is 13.2 Å². The van der Waals surface area contributed by atoms with E-state index in [0.29, 0.717) is 12.4 Å². The van der Waals surface area contributed by atoms with Crippen molar-refractivity contribution in [3.63, 3.8) is 0 Å². The average Bonchev–Trinajstić information content (AvgIpc) is 2.20. The van der Waals surface area contributed by atoms with E-state index in [0.717, 1.165) is 5.56 Å². The number of hydrogen-bond donors (Lipinski definition) is 1. The monoisotopic (exact) mass is 239 g/mol. The van der Waals surface area contributed by atoms with E-state index in [2.05, 4.69) is 10.3 Å². The van der Waals surface area contributed by atoms with Crippen molar-refractivity contribution < 1.29 is 9.66 Å². The van der Waals surface area contributed by atoms with Gasteiger partial charge in [-0.1, -0.05) is 0 Å². The minimum atomic E-state index is -0.454. The van der Waals surface area contributed by atoms with Crippen molar-refractivity contribution in [1.82, 2.24) is 4.98 Å². The fourth-order valence-corrected chi connectivity index (χ4v) is 1.51. The smallest absolute Gasteiger partial charge is 0.287 e. The maximum atomic E-state index is 10.6. The Balaban J connectivity index is 2.90. The van der Waals surface area contributed by atoms with Crippen molar-refractivity contribution >= 4 is 11.5 Å². The molecule has 0 aliphatic rings. The fourth-order valence-electron chi connectivity index (χ4n) is 1.51. The van der Waals surface area contributed by atoms with Crippen LogP contribution in [0.5, 0.6) is 0 Å². The Labute approximate surface area is 100 Å². The molecular formula is C11H17N3O3. The predicted octanol–water partition coefficient (Wildman–Crippen LogP) is 2.14. The number of aryl methyl sites for hydroxylation is 1. The average molecular weight is 239 g/mol. The zero-order valence-electron chi connectivity index (χ0n) is 10.5. The van der Waals surface area contributed by atoms with E-state index in [-0.39, 0.29) is 11.2 Å². The van der Waals surface area contributed by atoms with Crippen LogP contribution >= 0.6 is 0 Å². The van der Waals surface area contributed by atoms with E-state index < -0.39 is 4.92 Å². The molecule has 0 spiro atoms. The summed E-state index contributed by atoms with van der Waals surface area (Å²) < 4.78 is 5.08. The number of rotatable bonds is 5. The first-order chi connectivity index (χ1) is 7.85. The van der Waals surface area contributed by atoms with Crippen LogP contribution in [0.3, 0.4) is 0 Å². The Morgan fingerprint density at radius 3 is 2.71 bits per heavy atom. The second-order valence-electron chi connectivity index (χ2n) is 4.56. The van der Waals surface area contributed by atoms with Gasteiger partial charge in [-0.2, -0.15) is 0 Å². The Hall–Kier alpha value is -1.69. The van der Waals surface area contributed by atoms with Gasteiger partial charge in [0.1, 0.15) is 12.0 Å². The molecule has 0 atom stereocenters. The standard InChI is InChI=1S/C11H17N3O3/c1-8-5-9(14(15)16)6-12-10(8)13-11(2,3)7-17-4/h5-6H,7H2,1-4H3,(H,12,13). The number of anilines is 1. The summed E-state index contributed by atoms with van der Waals surface area (Å²) in [5.74, 6) is 0.637. The lowest BCUT2D eigenvalue weighted by atomic mass is 10.1. The normalized spacial score (nSPS) is 11.3. The number of methoxy groups -OCH3 is 1. The van der Waals surface area contributed by atoms with Crippen molar-refractivity contribution in [2.75, 3.05) is 19.0 Å². The van der Waals surface area contributed by atoms with Gasteiger partial charge in [0.25, 0.3) is 5.69 Å². The lowest BCUT2D eigenvalue weighted by molar-refractivity contribution is -0.385. The molecule has 0 unspecified atom stereocenters. The van der Waals surface area contributed by atoms with Crippen LogP contribution in [0.4, 0.5) is 11.5 Å². The number of aromatic nitrogens is 1. The first kappa shape index (κ1) is 13.4. The molecule has 0 radical (unpaired) electrons. The van der Waals surface area contributed by atoms with Crippen LogP contribution in [0.1, 0.15) is 19.4 Å². The summed E-state index contributed by atoms with van der Waals surface area (Å²) in [7, 11) is 1.62. The third kappa shape index (κ3) is 3.67. The topological polar surface area (TPSA) is 77.3 Å². The molecule has 1 aromatic rings. The van der Waals surface area contributed by atoms with Gasteiger partial charge in [-0.3, -0.25) is 10.1 Å². The second-order valence-corrected chi connectivity index (χ2v) is 4.56. The molecule has 0 saturated carbocycles. The van der Waals surface area contributed by atoms with Crippen LogP contribution in [0, 0.1) is 17.0 Å². The Bertz CT molecular complexity index is 418. The van der Waals surface area contributed by atoms with Gasteiger partial charge in [-0.15, -0.1) is 0 Å². The molecule has 0 amide bonds. The van der Waals surface area contributed by atoms with Crippen molar-refractivity contribution in [2.24, 2.45) is 0 Å². The number of nitrogens with one attached hydrogen (secondary N) is 1. The third-order valence-corrected chi connectivity index (χ3v) is 2.24. The summed E-state index contributed by atoms with van der Waals surface area (Å²) in [6.07, 6.45) is 1.25. The number of nitro groups is 1. The molecule has 94 valence electrons. The highest BCUT2D eigenvalue weighted by Gasteiger charge is 2.19. The predicted molar refractivity (Wildman–Crippen MR) is 65.2 cm³/mol. The summed E-state index contributed by atoms with van der Waals surface area (Å²) in [5.41, 5.74) is 0.462. The molecule has 0 aliphatic carbocycles. The first-order valence-corrected chi connectivity index (χ1v) is 5.24. The second kappa shape index (κ2) is 5.09. The molecule has 0 saturated heterocycles. The highest BCUT2D eigenvalue weighted by Crippen LogP contribution is 2.21. The number of pyridine rings is 1. The van der Waals surface area contributed by atoms with Gasteiger partial charge in [-0.25, -0.2) is 4.98 Å².